The average Bonchev–Trinajstić information content (AvgIpc) is 3.27. The predicted octanol–water partition coefficient (Wildman–Crippen LogP) is 18.1. The topological polar surface area (TPSA) is 61.8 Å². The zero-order valence-electron chi connectivity index (χ0n) is 41.4. The normalized spacial score (nSPS) is 12.6. The predicted molar refractivity (Wildman–Crippen MR) is 270 cm³/mol. The van der Waals surface area contributed by atoms with Gasteiger partial charge in [0.25, 0.3) is 0 Å². The number of ether oxygens (including phenoxy) is 3. The fourth-order valence-corrected chi connectivity index (χ4v) is 7.56. The van der Waals surface area contributed by atoms with Crippen molar-refractivity contribution >= 4 is 11.9 Å². The van der Waals surface area contributed by atoms with Crippen LogP contribution < -0.4 is 0 Å². The number of esters is 2. The Labute approximate surface area is 385 Å². The van der Waals surface area contributed by atoms with Crippen molar-refractivity contribution < 1.29 is 23.8 Å². The molecule has 0 bridgehead atoms. The fourth-order valence-electron chi connectivity index (χ4n) is 7.56. The first-order chi connectivity index (χ1) is 30.6. The van der Waals surface area contributed by atoms with Crippen LogP contribution in [0.25, 0.3) is 0 Å². The highest BCUT2D eigenvalue weighted by Crippen LogP contribution is 2.15. The Hall–Kier alpha value is -2.40. The Kier molecular flexibility index (Phi) is 50.9. The molecule has 0 amide bonds. The Morgan fingerprint density at radius 3 is 1.18 bits per heavy atom. The number of allylic oxidation sites excluding steroid dienone is 10. The molecule has 0 rings (SSSR count). The number of hydrogen-bond donors (Lipinski definition) is 0. The van der Waals surface area contributed by atoms with Crippen molar-refractivity contribution in [2.24, 2.45) is 0 Å². The van der Waals surface area contributed by atoms with Crippen molar-refractivity contribution in [2.75, 3.05) is 19.8 Å². The Morgan fingerprint density at radius 1 is 0.371 bits per heavy atom. The molecule has 62 heavy (non-hydrogen) atoms. The van der Waals surface area contributed by atoms with E-state index in [-0.39, 0.29) is 25.2 Å². The summed E-state index contributed by atoms with van der Waals surface area (Å²) in [4.78, 5) is 25.4. The van der Waals surface area contributed by atoms with E-state index in [1.54, 1.807) is 0 Å². The van der Waals surface area contributed by atoms with Gasteiger partial charge in [-0.2, -0.15) is 0 Å². The summed E-state index contributed by atoms with van der Waals surface area (Å²) in [6.07, 6.45) is 66.6. The molecule has 0 aromatic heterocycles. The third-order valence-electron chi connectivity index (χ3n) is 11.5. The Morgan fingerprint density at radius 2 is 0.726 bits per heavy atom. The molecule has 1 unspecified atom stereocenters. The molecule has 1 atom stereocenters. The molecule has 0 aliphatic rings. The van der Waals surface area contributed by atoms with Crippen molar-refractivity contribution in [2.45, 2.75) is 271 Å². The molecule has 0 saturated carbocycles. The lowest BCUT2D eigenvalue weighted by molar-refractivity contribution is -0.163. The third kappa shape index (κ3) is 50.2. The van der Waals surface area contributed by atoms with Gasteiger partial charge in [0.15, 0.2) is 6.10 Å². The van der Waals surface area contributed by atoms with Crippen LogP contribution in [-0.4, -0.2) is 37.9 Å². The number of hydrogen-bond acceptors (Lipinski definition) is 5. The van der Waals surface area contributed by atoms with Crippen LogP contribution >= 0.6 is 0 Å². The van der Waals surface area contributed by atoms with Gasteiger partial charge in [-0.3, -0.25) is 9.59 Å². The Bertz CT molecular complexity index is 1070. The van der Waals surface area contributed by atoms with Crippen LogP contribution in [0.2, 0.25) is 0 Å². The standard InChI is InChI=1S/C57H102O5/c1-4-7-10-13-16-19-22-24-26-27-28-29-30-32-34-37-40-43-46-49-52-60-53-55(62-57(59)51-48-45-42-39-35-21-18-15-12-9-6-3)54-61-56(58)50-47-44-41-38-36-33-31-25-23-20-17-14-11-8-5-2/h7,10,16,19,24-26,28-29,31,55H,4-6,8-9,11-15,17-18,20-23,27,30,32-54H2,1-3H3/b10-7-,19-16-,26-24-,29-28-,31-25-. The molecule has 5 nitrogen and oxygen atoms in total. The van der Waals surface area contributed by atoms with Gasteiger partial charge in [0.1, 0.15) is 6.61 Å². The van der Waals surface area contributed by atoms with Gasteiger partial charge in [0, 0.05) is 19.4 Å². The van der Waals surface area contributed by atoms with Crippen molar-refractivity contribution in [1.29, 1.82) is 0 Å². The van der Waals surface area contributed by atoms with Crippen LogP contribution in [0.3, 0.4) is 0 Å². The van der Waals surface area contributed by atoms with E-state index < -0.39 is 6.10 Å². The van der Waals surface area contributed by atoms with Crippen LogP contribution in [-0.2, 0) is 23.8 Å². The SMILES string of the molecule is CC/C=C\C/C=C\C/C=C\C/C=C\CCCCCCCCCOCC(COC(=O)CCCCCCC/C=C\CCCCCCCC)OC(=O)CCCCCCCCCCCCC. The van der Waals surface area contributed by atoms with E-state index in [4.69, 9.17) is 14.2 Å². The maximum atomic E-state index is 12.8. The van der Waals surface area contributed by atoms with Gasteiger partial charge in [-0.15, -0.1) is 0 Å². The van der Waals surface area contributed by atoms with Crippen molar-refractivity contribution in [3.8, 4) is 0 Å². The summed E-state index contributed by atoms with van der Waals surface area (Å²) < 4.78 is 17.4. The van der Waals surface area contributed by atoms with Crippen LogP contribution in [0.1, 0.15) is 265 Å². The minimum Gasteiger partial charge on any atom is -0.462 e. The second kappa shape index (κ2) is 52.9. The second-order valence-corrected chi connectivity index (χ2v) is 17.8. The van der Waals surface area contributed by atoms with E-state index in [0.717, 1.165) is 77.0 Å². The van der Waals surface area contributed by atoms with E-state index in [2.05, 4.69) is 81.5 Å². The summed E-state index contributed by atoms with van der Waals surface area (Å²) in [5.74, 6) is -0.405. The quantitative estimate of drug-likeness (QED) is 0.0346. The number of unbranched alkanes of at least 4 members (excludes halogenated alkanes) is 28. The van der Waals surface area contributed by atoms with E-state index in [9.17, 15) is 9.59 Å². The number of carbonyl (C=O) groups is 2. The summed E-state index contributed by atoms with van der Waals surface area (Å²) in [6, 6.07) is 0. The van der Waals surface area contributed by atoms with E-state index >= 15 is 0 Å². The molecule has 5 heteroatoms. The summed E-state index contributed by atoms with van der Waals surface area (Å²) >= 11 is 0. The van der Waals surface area contributed by atoms with Gasteiger partial charge in [-0.1, -0.05) is 229 Å². The molecule has 0 aromatic rings. The van der Waals surface area contributed by atoms with Crippen LogP contribution in [0.15, 0.2) is 60.8 Å². The van der Waals surface area contributed by atoms with E-state index in [1.807, 2.05) is 0 Å². The largest absolute Gasteiger partial charge is 0.462 e. The fraction of sp³-hybridized carbons (Fsp3) is 0.789. The maximum Gasteiger partial charge on any atom is 0.306 e. The molecule has 0 saturated heterocycles. The lowest BCUT2D eigenvalue weighted by Crippen LogP contribution is -2.30. The molecule has 0 fully saturated rings. The molecule has 0 heterocycles. The lowest BCUT2D eigenvalue weighted by Gasteiger charge is -2.18. The van der Waals surface area contributed by atoms with Gasteiger partial charge in [0.2, 0.25) is 0 Å². The molecule has 0 N–H and O–H groups in total. The maximum absolute atomic E-state index is 12.8. The summed E-state index contributed by atoms with van der Waals surface area (Å²) in [5.41, 5.74) is 0. The smallest absolute Gasteiger partial charge is 0.306 e. The minimum absolute atomic E-state index is 0.0782. The van der Waals surface area contributed by atoms with Crippen molar-refractivity contribution in [3.05, 3.63) is 60.8 Å². The van der Waals surface area contributed by atoms with Crippen LogP contribution in [0.5, 0.6) is 0 Å². The molecule has 0 aromatic carbocycles. The van der Waals surface area contributed by atoms with E-state index in [0.29, 0.717) is 19.4 Å². The first-order valence-electron chi connectivity index (χ1n) is 26.8. The molecule has 0 radical (unpaired) electrons. The molecular weight excluding hydrogens is 765 g/mol. The zero-order valence-corrected chi connectivity index (χ0v) is 41.4. The highest BCUT2D eigenvalue weighted by molar-refractivity contribution is 5.70. The van der Waals surface area contributed by atoms with Crippen molar-refractivity contribution in [1.82, 2.24) is 0 Å². The summed E-state index contributed by atoms with van der Waals surface area (Å²) in [6.45, 7) is 7.70. The second-order valence-electron chi connectivity index (χ2n) is 17.8. The van der Waals surface area contributed by atoms with Crippen LogP contribution in [0, 0.1) is 0 Å². The molecule has 0 spiro atoms. The molecule has 0 aliphatic heterocycles. The van der Waals surface area contributed by atoms with Gasteiger partial charge in [0.05, 0.1) is 6.61 Å². The highest BCUT2D eigenvalue weighted by Gasteiger charge is 2.17. The first kappa shape index (κ1) is 59.6. The first-order valence-corrected chi connectivity index (χ1v) is 26.8. The number of carbonyl (C=O) groups excluding carboxylic acids is 2. The highest BCUT2D eigenvalue weighted by atomic mass is 16.6. The zero-order chi connectivity index (χ0) is 44.9. The average molecular weight is 867 g/mol. The molecular formula is C57H102O5. The van der Waals surface area contributed by atoms with Crippen LogP contribution in [0.4, 0.5) is 0 Å². The molecule has 360 valence electrons. The Balaban J connectivity index is 4.24. The summed E-state index contributed by atoms with van der Waals surface area (Å²) in [5, 5.41) is 0. The van der Waals surface area contributed by atoms with Gasteiger partial charge in [-0.25, -0.2) is 0 Å². The molecule has 0 aliphatic carbocycles. The van der Waals surface area contributed by atoms with Gasteiger partial charge < -0.3 is 14.2 Å². The lowest BCUT2D eigenvalue weighted by atomic mass is 10.1. The minimum atomic E-state index is -0.543. The van der Waals surface area contributed by atoms with E-state index in [1.165, 1.54) is 154 Å². The van der Waals surface area contributed by atoms with Crippen molar-refractivity contribution in [3.63, 3.8) is 0 Å². The monoisotopic (exact) mass is 867 g/mol. The number of rotatable bonds is 49. The van der Waals surface area contributed by atoms with Gasteiger partial charge >= 0.3 is 11.9 Å². The third-order valence-corrected chi connectivity index (χ3v) is 11.5. The summed E-state index contributed by atoms with van der Waals surface area (Å²) in [7, 11) is 0. The van der Waals surface area contributed by atoms with Gasteiger partial charge in [-0.05, 0) is 83.5 Å².